The Morgan fingerprint density at radius 1 is 0.816 bits per heavy atom. The molecule has 38 heavy (non-hydrogen) atoms. The first-order valence-electron chi connectivity index (χ1n) is 14.0. The molecule has 3 atom stereocenters. The van der Waals surface area contributed by atoms with Crippen molar-refractivity contribution in [3.8, 4) is 0 Å². The number of likely N-dealkylation sites (tertiary alicyclic amines) is 3. The molecule has 212 valence electrons. The van der Waals surface area contributed by atoms with E-state index in [-0.39, 0.29) is 42.2 Å². The number of piperidine rings is 2. The summed E-state index contributed by atoms with van der Waals surface area (Å²) in [5, 5.41) is 0. The monoisotopic (exact) mass is 532 g/mol. The fraction of sp³-hybridized carbons (Fsp3) is 0.724. The molecule has 0 radical (unpaired) electrons. The number of carbonyl (C=O) groups is 2. The van der Waals surface area contributed by atoms with Gasteiger partial charge in [-0.1, -0.05) is 12.1 Å². The molecule has 3 aliphatic heterocycles. The number of carbonyl (C=O) groups excluding carboxylic acids is 2. The van der Waals surface area contributed by atoms with Crippen molar-refractivity contribution in [3.63, 3.8) is 0 Å². The van der Waals surface area contributed by atoms with Gasteiger partial charge in [-0.25, -0.2) is 14.0 Å². The highest BCUT2D eigenvalue weighted by Gasteiger charge is 2.53. The van der Waals surface area contributed by atoms with Crippen molar-refractivity contribution in [2.75, 3.05) is 26.2 Å². The van der Waals surface area contributed by atoms with E-state index in [1.807, 2.05) is 53.7 Å². The molecule has 3 heterocycles. The lowest BCUT2D eigenvalue weighted by Crippen LogP contribution is -2.72. The second-order valence-corrected chi connectivity index (χ2v) is 13.0. The molecule has 3 aliphatic rings. The first-order chi connectivity index (χ1) is 17.7. The maximum atomic E-state index is 13.7. The lowest BCUT2D eigenvalue weighted by molar-refractivity contribution is -0.100. The number of hydrogen-bond donors (Lipinski definition) is 1. The van der Waals surface area contributed by atoms with Crippen molar-refractivity contribution < 1.29 is 23.5 Å². The van der Waals surface area contributed by atoms with Gasteiger partial charge in [0.15, 0.2) is 0 Å². The molecule has 4 rings (SSSR count). The number of nitrogens with zero attached hydrogens (tertiary/aromatic N) is 3. The summed E-state index contributed by atoms with van der Waals surface area (Å²) in [4.78, 5) is 31.2. The normalized spacial score (nSPS) is 26.2. The van der Waals surface area contributed by atoms with Crippen molar-refractivity contribution in [2.45, 2.75) is 103 Å². The Bertz CT molecular complexity index is 974. The third-order valence-electron chi connectivity index (χ3n) is 7.89. The van der Waals surface area contributed by atoms with E-state index in [1.165, 1.54) is 12.1 Å². The molecule has 2 N–H and O–H groups in total. The molecular weight excluding hydrogens is 487 g/mol. The second kappa shape index (κ2) is 11.0. The zero-order valence-corrected chi connectivity index (χ0v) is 23.8. The fourth-order valence-electron chi connectivity index (χ4n) is 6.20. The first kappa shape index (κ1) is 28.6. The number of amides is 2. The quantitative estimate of drug-likeness (QED) is 0.594. The van der Waals surface area contributed by atoms with E-state index in [0.29, 0.717) is 32.1 Å². The van der Waals surface area contributed by atoms with Crippen LogP contribution in [0, 0.1) is 11.7 Å². The van der Waals surface area contributed by atoms with Crippen LogP contribution in [-0.2, 0) is 9.47 Å². The second-order valence-electron chi connectivity index (χ2n) is 13.0. The summed E-state index contributed by atoms with van der Waals surface area (Å²) in [6, 6.07) is 7.18. The minimum absolute atomic E-state index is 0.0950. The van der Waals surface area contributed by atoms with Gasteiger partial charge in [0, 0.05) is 44.2 Å². The topological polar surface area (TPSA) is 88.3 Å². The molecule has 0 aromatic heterocycles. The minimum atomic E-state index is -0.521. The van der Waals surface area contributed by atoms with Gasteiger partial charge in [0.2, 0.25) is 0 Å². The number of ether oxygens (including phenoxy) is 2. The van der Waals surface area contributed by atoms with Crippen LogP contribution in [0.5, 0.6) is 0 Å². The summed E-state index contributed by atoms with van der Waals surface area (Å²) < 4.78 is 24.9. The molecule has 2 amide bonds. The van der Waals surface area contributed by atoms with E-state index in [4.69, 9.17) is 15.2 Å². The Morgan fingerprint density at radius 2 is 1.26 bits per heavy atom. The Labute approximate surface area is 226 Å². The highest BCUT2D eigenvalue weighted by atomic mass is 19.1. The highest BCUT2D eigenvalue weighted by Crippen LogP contribution is 2.47. The predicted molar refractivity (Wildman–Crippen MR) is 144 cm³/mol. The molecule has 0 bridgehead atoms. The van der Waals surface area contributed by atoms with E-state index in [2.05, 4.69) is 4.90 Å². The van der Waals surface area contributed by atoms with Gasteiger partial charge in [0.1, 0.15) is 17.0 Å². The van der Waals surface area contributed by atoms with Crippen LogP contribution in [0.1, 0.15) is 78.7 Å². The van der Waals surface area contributed by atoms with Crippen molar-refractivity contribution in [2.24, 2.45) is 11.7 Å². The summed E-state index contributed by atoms with van der Waals surface area (Å²) in [7, 11) is 0. The molecule has 0 saturated carbocycles. The van der Waals surface area contributed by atoms with Crippen LogP contribution < -0.4 is 5.73 Å². The average Bonchev–Trinajstić information content (AvgIpc) is 2.82. The summed E-state index contributed by atoms with van der Waals surface area (Å²) in [6.45, 7) is 13.8. The lowest BCUT2D eigenvalue weighted by atomic mass is 9.69. The van der Waals surface area contributed by atoms with Crippen molar-refractivity contribution >= 4 is 12.2 Å². The van der Waals surface area contributed by atoms with E-state index in [1.54, 1.807) is 9.80 Å². The maximum absolute atomic E-state index is 13.7. The number of nitrogens with two attached hydrogens (primary N) is 1. The van der Waals surface area contributed by atoms with Gasteiger partial charge < -0.3 is 25.0 Å². The molecule has 0 spiro atoms. The Morgan fingerprint density at radius 3 is 1.71 bits per heavy atom. The number of hydrogen-bond acceptors (Lipinski definition) is 6. The van der Waals surface area contributed by atoms with Crippen LogP contribution >= 0.6 is 0 Å². The largest absolute Gasteiger partial charge is 0.444 e. The Hall–Kier alpha value is -2.39. The number of benzene rings is 1. The van der Waals surface area contributed by atoms with Crippen LogP contribution in [0.2, 0.25) is 0 Å². The standard InChI is InChI=1S/C29H45FN4O4/c1-28(2,3)37-26(35)32-15-11-20(12-16-32)24-23(19-7-9-21(30)10-8-19)25(31)34(24)22-13-17-33(18-14-22)27(36)38-29(4,5)6/h7-10,20,22-25H,11-18,31H2,1-6H3. The molecule has 3 unspecified atom stereocenters. The third-order valence-corrected chi connectivity index (χ3v) is 7.89. The van der Waals surface area contributed by atoms with Crippen LogP contribution in [0.15, 0.2) is 24.3 Å². The summed E-state index contributed by atoms with van der Waals surface area (Å²) >= 11 is 0. The molecule has 8 nitrogen and oxygen atoms in total. The average molecular weight is 533 g/mol. The van der Waals surface area contributed by atoms with E-state index >= 15 is 0 Å². The van der Waals surface area contributed by atoms with Crippen LogP contribution in [0.25, 0.3) is 0 Å². The summed E-state index contributed by atoms with van der Waals surface area (Å²) in [5.41, 5.74) is 6.85. The van der Waals surface area contributed by atoms with Gasteiger partial charge >= 0.3 is 12.2 Å². The fourth-order valence-corrected chi connectivity index (χ4v) is 6.20. The molecule has 1 aromatic carbocycles. The molecule has 1 aromatic rings. The van der Waals surface area contributed by atoms with E-state index in [9.17, 15) is 14.0 Å². The minimum Gasteiger partial charge on any atom is -0.444 e. The molecular formula is C29H45FN4O4. The third kappa shape index (κ3) is 6.60. The van der Waals surface area contributed by atoms with Crippen LogP contribution in [0.4, 0.5) is 14.0 Å². The SMILES string of the molecule is CC(C)(C)OC(=O)N1CCC(C2C(c3ccc(F)cc3)C(N)N2C2CCN(C(=O)OC(C)(C)C)CC2)CC1. The molecule has 0 aliphatic carbocycles. The highest BCUT2D eigenvalue weighted by molar-refractivity contribution is 5.68. The van der Waals surface area contributed by atoms with E-state index in [0.717, 1.165) is 31.2 Å². The van der Waals surface area contributed by atoms with Crippen molar-refractivity contribution in [3.05, 3.63) is 35.6 Å². The number of rotatable bonds is 3. The zero-order chi connectivity index (χ0) is 27.8. The van der Waals surface area contributed by atoms with Gasteiger partial charge in [-0.2, -0.15) is 0 Å². The number of halogens is 1. The smallest absolute Gasteiger partial charge is 0.410 e. The van der Waals surface area contributed by atoms with Gasteiger partial charge in [-0.15, -0.1) is 0 Å². The maximum Gasteiger partial charge on any atom is 0.410 e. The molecule has 3 saturated heterocycles. The zero-order valence-electron chi connectivity index (χ0n) is 23.8. The van der Waals surface area contributed by atoms with Crippen molar-refractivity contribution in [1.82, 2.24) is 14.7 Å². The van der Waals surface area contributed by atoms with Gasteiger partial charge in [0.25, 0.3) is 0 Å². The van der Waals surface area contributed by atoms with Gasteiger partial charge in [-0.05, 0) is 90.8 Å². The van der Waals surface area contributed by atoms with Gasteiger partial charge in [-0.3, -0.25) is 4.90 Å². The van der Waals surface area contributed by atoms with Crippen LogP contribution in [-0.4, -0.2) is 82.5 Å². The Kier molecular flexibility index (Phi) is 8.28. The molecule has 9 heteroatoms. The van der Waals surface area contributed by atoms with Gasteiger partial charge in [0.05, 0.1) is 6.17 Å². The first-order valence-corrected chi connectivity index (χ1v) is 14.0. The summed E-state index contributed by atoms with van der Waals surface area (Å²) in [5.74, 6) is 0.195. The summed E-state index contributed by atoms with van der Waals surface area (Å²) in [6.07, 6.45) is 2.68. The molecule has 3 fully saturated rings. The Balaban J connectivity index is 1.45. The van der Waals surface area contributed by atoms with Crippen molar-refractivity contribution in [1.29, 1.82) is 0 Å². The lowest BCUT2D eigenvalue weighted by Gasteiger charge is -2.61. The van der Waals surface area contributed by atoms with Crippen LogP contribution in [0.3, 0.4) is 0 Å². The van der Waals surface area contributed by atoms with E-state index < -0.39 is 11.2 Å². The predicted octanol–water partition coefficient (Wildman–Crippen LogP) is 4.92.